The highest BCUT2D eigenvalue weighted by Crippen LogP contribution is 2.30. The molecule has 2 amide bonds. The summed E-state index contributed by atoms with van der Waals surface area (Å²) in [6.45, 7) is 12.6. The lowest BCUT2D eigenvalue weighted by Crippen LogP contribution is -2.56. The fourth-order valence-corrected chi connectivity index (χ4v) is 12.1. The smallest absolute Gasteiger partial charge is 0.220 e. The molecule has 0 aromatic heterocycles. The van der Waals surface area contributed by atoms with E-state index in [1.807, 2.05) is 0 Å². The van der Waals surface area contributed by atoms with E-state index >= 15 is 0 Å². The monoisotopic (exact) mass is 1380 g/mol. The second-order valence-corrected chi connectivity index (χ2v) is 28.5. The van der Waals surface area contributed by atoms with Gasteiger partial charge in [0.2, 0.25) is 11.8 Å². The van der Waals surface area contributed by atoms with E-state index in [4.69, 9.17) is 42.6 Å². The number of aliphatic hydroxyl groups is 9. The molecule has 3 aliphatic heterocycles. The first-order valence-electron chi connectivity index (χ1n) is 36.5. The molecule has 562 valence electrons. The Labute approximate surface area is 572 Å². The molecular formula is C71H130N2O23. The molecule has 0 aromatic rings. The Bertz CT molecular complexity index is 1990. The van der Waals surface area contributed by atoms with Crippen molar-refractivity contribution in [3.8, 4) is 0 Å². The number of hydrogen-bond donors (Lipinski definition) is 11. The molecule has 15 atom stereocenters. The van der Waals surface area contributed by atoms with Crippen LogP contribution in [-0.2, 0) is 66.6 Å². The molecule has 0 saturated carbocycles. The summed E-state index contributed by atoms with van der Waals surface area (Å²) >= 11 is 0. The van der Waals surface area contributed by atoms with Gasteiger partial charge in [0, 0.05) is 102 Å². The highest BCUT2D eigenvalue weighted by molar-refractivity contribution is 5.80. The number of carbonyl (C=O) groups is 5. The number of aliphatic hydroxyl groups excluding tert-OH is 9. The first-order valence-corrected chi connectivity index (χ1v) is 36.5. The molecule has 0 bridgehead atoms. The minimum Gasteiger partial charge on any atom is -0.394 e. The molecule has 96 heavy (non-hydrogen) atoms. The summed E-state index contributed by atoms with van der Waals surface area (Å²) in [6, 6.07) is 0. The number of ketones is 3. The highest BCUT2D eigenvalue weighted by Gasteiger charge is 2.45. The zero-order valence-electron chi connectivity index (χ0n) is 59.3. The van der Waals surface area contributed by atoms with E-state index in [1.165, 1.54) is 0 Å². The van der Waals surface area contributed by atoms with Gasteiger partial charge in [0.15, 0.2) is 18.9 Å². The van der Waals surface area contributed by atoms with Gasteiger partial charge in [0.05, 0.1) is 76.7 Å². The third kappa shape index (κ3) is 36.2. The summed E-state index contributed by atoms with van der Waals surface area (Å²) in [6.07, 6.45) is 7.85. The summed E-state index contributed by atoms with van der Waals surface area (Å²) < 4.78 is 52.9. The summed E-state index contributed by atoms with van der Waals surface area (Å²) in [4.78, 5) is 66.0. The van der Waals surface area contributed by atoms with Gasteiger partial charge >= 0.3 is 0 Å². The van der Waals surface area contributed by atoms with E-state index in [-0.39, 0.29) is 107 Å². The van der Waals surface area contributed by atoms with Gasteiger partial charge in [-0.25, -0.2) is 0 Å². The fraction of sp³-hybridized carbons (Fsp3) is 0.930. The number of nitrogens with one attached hydrogen (secondary N) is 2. The Morgan fingerprint density at radius 2 is 0.708 bits per heavy atom. The van der Waals surface area contributed by atoms with Crippen molar-refractivity contribution in [3.63, 3.8) is 0 Å². The summed E-state index contributed by atoms with van der Waals surface area (Å²) in [5.74, 6) is -1.73. The lowest BCUT2D eigenvalue weighted by molar-refractivity contribution is -0.282. The molecule has 25 heteroatoms. The van der Waals surface area contributed by atoms with Crippen molar-refractivity contribution < 1.29 is 113 Å². The standard InChI is InChI=1S/C71H130N2O23/c1-50-61(82)64(85)56(45-74)94-67(50)91-38-23-15-7-10-18-27-53(77)32-41-88-44-36-71(73-60(81)31-26-30-59(80)72-37-22-14-13-21-35-70(4,5)6,48-89-42-33-54(78)28-19-11-8-16-24-39-92-68-51(2)62(83)65(86)57(46-75)95-68)49-90-43-34-55(79)29-20-12-9-17-25-40-93-69-52(3)63(84)66(87)58(47-76)96-69/h50-52,56-58,61-69,74-76,82-87H,7-49H2,1-6H3,(H,72,80)(H,73,81)/t50?,51?,52?,56?,57?,58?,61-,62-,63-,64+,65+,66+,67-,68-,69-,71?/m1/s1. The Balaban J connectivity index is 1.54. The van der Waals surface area contributed by atoms with Crippen LogP contribution < -0.4 is 10.6 Å². The average Bonchev–Trinajstić information content (AvgIpc) is 0.846. The largest absolute Gasteiger partial charge is 0.394 e. The van der Waals surface area contributed by atoms with Crippen LogP contribution in [0.15, 0.2) is 0 Å². The summed E-state index contributed by atoms with van der Waals surface area (Å²) in [5, 5.41) is 96.0. The maximum atomic E-state index is 13.9. The molecule has 11 N–H and O–H groups in total. The second kappa shape index (κ2) is 50.5. The predicted molar refractivity (Wildman–Crippen MR) is 358 cm³/mol. The van der Waals surface area contributed by atoms with Crippen LogP contribution in [0, 0.1) is 23.2 Å². The average molecular weight is 1380 g/mol. The van der Waals surface area contributed by atoms with Crippen molar-refractivity contribution in [1.82, 2.24) is 10.6 Å². The first kappa shape index (κ1) is 87.4. The quantitative estimate of drug-likeness (QED) is 0.0323. The molecule has 0 aliphatic carbocycles. The second-order valence-electron chi connectivity index (χ2n) is 28.5. The van der Waals surface area contributed by atoms with Crippen molar-refractivity contribution in [3.05, 3.63) is 0 Å². The Morgan fingerprint density at radius 3 is 1.09 bits per heavy atom. The number of carbonyl (C=O) groups excluding carboxylic acids is 5. The molecule has 6 unspecified atom stereocenters. The molecule has 25 nitrogen and oxygen atoms in total. The molecule has 0 radical (unpaired) electrons. The van der Waals surface area contributed by atoms with Gasteiger partial charge in [-0.1, -0.05) is 119 Å². The van der Waals surface area contributed by atoms with Crippen molar-refractivity contribution in [2.75, 3.05) is 85.8 Å². The Morgan fingerprint density at radius 1 is 0.365 bits per heavy atom. The molecule has 3 heterocycles. The predicted octanol–water partition coefficient (Wildman–Crippen LogP) is 5.74. The van der Waals surface area contributed by atoms with E-state index in [1.54, 1.807) is 20.8 Å². The molecule has 3 fully saturated rings. The third-order valence-corrected chi connectivity index (χ3v) is 18.7. The van der Waals surface area contributed by atoms with Gasteiger partial charge in [0.25, 0.3) is 0 Å². The lowest BCUT2D eigenvalue weighted by Gasteiger charge is -2.40. The number of unbranched alkanes of at least 4 members (excludes halogenated alkanes) is 15. The topological polar surface area (TPSA) is 375 Å². The number of amides is 2. The van der Waals surface area contributed by atoms with Crippen LogP contribution >= 0.6 is 0 Å². The van der Waals surface area contributed by atoms with Crippen molar-refractivity contribution in [1.29, 1.82) is 0 Å². The van der Waals surface area contributed by atoms with Crippen LogP contribution in [0.5, 0.6) is 0 Å². The van der Waals surface area contributed by atoms with E-state index in [0.717, 1.165) is 109 Å². The number of hydrogen-bond acceptors (Lipinski definition) is 23. The molecule has 0 spiro atoms. The van der Waals surface area contributed by atoms with E-state index < -0.39 is 117 Å². The van der Waals surface area contributed by atoms with Crippen LogP contribution in [0.2, 0.25) is 0 Å². The van der Waals surface area contributed by atoms with Gasteiger partial charge < -0.3 is 99.2 Å². The Kier molecular flexibility index (Phi) is 46.0. The van der Waals surface area contributed by atoms with Crippen LogP contribution in [0.1, 0.15) is 234 Å². The minimum atomic E-state index is -1.19. The highest BCUT2D eigenvalue weighted by atomic mass is 16.7. The first-order chi connectivity index (χ1) is 46.0. The van der Waals surface area contributed by atoms with Crippen molar-refractivity contribution in [2.24, 2.45) is 23.2 Å². The van der Waals surface area contributed by atoms with Gasteiger partial charge in [0.1, 0.15) is 54.0 Å². The zero-order chi connectivity index (χ0) is 70.7. The molecule has 3 aliphatic rings. The van der Waals surface area contributed by atoms with Crippen LogP contribution in [0.25, 0.3) is 0 Å². The molecular weight excluding hydrogens is 1250 g/mol. The van der Waals surface area contributed by atoms with Crippen LogP contribution in [-0.4, -0.2) is 240 Å². The van der Waals surface area contributed by atoms with Crippen molar-refractivity contribution in [2.45, 2.75) is 314 Å². The van der Waals surface area contributed by atoms with Crippen molar-refractivity contribution >= 4 is 29.2 Å². The number of rotatable bonds is 57. The SMILES string of the molecule is CC1[C@H](OCCCCCCCC(=O)CCOCCC(COCCC(=O)CCCCCCCO[C@@H]2OC(CO)[C@H](O)[C@H](O)C2C)(COCCC(=O)CCCCCCCO[C@@H]2OC(CO)[C@H](O)[C@H](O)C2C)NC(=O)CCCC(=O)NCCCCCCC(C)(C)C)OC(CO)[C@H](O)[C@@H]1O. The number of ether oxygens (including phenoxy) is 9. The normalized spacial score (nSPS) is 26.9. The Hall–Kier alpha value is -2.77. The molecule has 3 saturated heterocycles. The lowest BCUT2D eigenvalue weighted by atomic mass is 9.89. The molecule has 0 aromatic carbocycles. The van der Waals surface area contributed by atoms with Gasteiger partial charge in [-0.05, 0) is 69.6 Å². The summed E-state index contributed by atoms with van der Waals surface area (Å²) in [7, 11) is 0. The van der Waals surface area contributed by atoms with Gasteiger partial charge in [-0.3, -0.25) is 24.0 Å². The van der Waals surface area contributed by atoms with Crippen LogP contribution in [0.3, 0.4) is 0 Å². The van der Waals surface area contributed by atoms with E-state index in [2.05, 4.69) is 31.4 Å². The van der Waals surface area contributed by atoms with E-state index in [9.17, 15) is 69.9 Å². The fourth-order valence-electron chi connectivity index (χ4n) is 12.1. The van der Waals surface area contributed by atoms with Gasteiger partial charge in [-0.15, -0.1) is 0 Å². The molecule has 3 rings (SSSR count). The third-order valence-electron chi connectivity index (χ3n) is 18.7. The van der Waals surface area contributed by atoms with E-state index in [0.29, 0.717) is 76.7 Å². The van der Waals surface area contributed by atoms with Crippen LogP contribution in [0.4, 0.5) is 0 Å². The minimum absolute atomic E-state index is 0.0276. The number of Topliss-reactive ketones (excluding diaryl/α,β-unsaturated/α-hetero) is 3. The maximum Gasteiger partial charge on any atom is 0.220 e. The maximum absolute atomic E-state index is 13.9. The van der Waals surface area contributed by atoms with Gasteiger partial charge in [-0.2, -0.15) is 0 Å². The summed E-state index contributed by atoms with van der Waals surface area (Å²) in [5.41, 5.74) is -0.874. The zero-order valence-corrected chi connectivity index (χ0v) is 59.3.